The van der Waals surface area contributed by atoms with Gasteiger partial charge in [-0.25, -0.2) is 8.42 Å². The molecular weight excluding hydrogens is 314 g/mol. The minimum absolute atomic E-state index is 0.0528. The van der Waals surface area contributed by atoms with Gasteiger partial charge in [0.1, 0.15) is 6.04 Å². The van der Waals surface area contributed by atoms with E-state index >= 15 is 0 Å². The molecule has 2 heterocycles. The van der Waals surface area contributed by atoms with Crippen LogP contribution >= 0.6 is 0 Å². The van der Waals surface area contributed by atoms with Crippen LogP contribution in [0.25, 0.3) is 0 Å². The Labute approximate surface area is 140 Å². The number of piperidine rings is 2. The highest BCUT2D eigenvalue weighted by Gasteiger charge is 2.40. The van der Waals surface area contributed by atoms with E-state index in [1.165, 1.54) is 10.6 Å². The van der Waals surface area contributed by atoms with Gasteiger partial charge in [-0.2, -0.15) is 4.31 Å². The van der Waals surface area contributed by atoms with Crippen molar-refractivity contribution < 1.29 is 13.2 Å². The van der Waals surface area contributed by atoms with E-state index in [1.807, 2.05) is 0 Å². The van der Waals surface area contributed by atoms with Crippen molar-refractivity contribution in [2.45, 2.75) is 83.0 Å². The first kappa shape index (κ1) is 18.7. The van der Waals surface area contributed by atoms with E-state index < -0.39 is 16.1 Å². The van der Waals surface area contributed by atoms with Gasteiger partial charge < -0.3 is 10.6 Å². The number of rotatable bonds is 3. The van der Waals surface area contributed by atoms with Crippen LogP contribution in [0.4, 0.5) is 0 Å². The molecule has 0 spiro atoms. The lowest BCUT2D eigenvalue weighted by Gasteiger charge is -2.47. The van der Waals surface area contributed by atoms with E-state index in [0.717, 1.165) is 25.7 Å². The van der Waals surface area contributed by atoms with Crippen molar-refractivity contribution in [3.63, 3.8) is 0 Å². The highest BCUT2D eigenvalue weighted by atomic mass is 32.2. The maximum absolute atomic E-state index is 12.7. The Balaban J connectivity index is 2.08. The highest BCUT2D eigenvalue weighted by Crippen LogP contribution is 2.29. The van der Waals surface area contributed by atoms with Crippen molar-refractivity contribution in [2.24, 2.45) is 0 Å². The monoisotopic (exact) mass is 345 g/mol. The highest BCUT2D eigenvalue weighted by molar-refractivity contribution is 7.88. The molecule has 2 saturated heterocycles. The Morgan fingerprint density at radius 2 is 1.70 bits per heavy atom. The molecule has 0 aliphatic carbocycles. The number of nitrogens with zero attached hydrogens (tertiary/aromatic N) is 1. The van der Waals surface area contributed by atoms with Crippen LogP contribution in [0.2, 0.25) is 0 Å². The molecule has 7 heteroatoms. The SMILES string of the molecule is CC1(C)CC(NC(=O)[C@@H]2CCCCN2S(C)(=O)=O)CC(C)(C)N1. The van der Waals surface area contributed by atoms with E-state index in [1.54, 1.807) is 0 Å². The lowest BCUT2D eigenvalue weighted by atomic mass is 9.79. The van der Waals surface area contributed by atoms with Gasteiger partial charge in [-0.05, 0) is 53.4 Å². The summed E-state index contributed by atoms with van der Waals surface area (Å²) in [5.74, 6) is -0.145. The van der Waals surface area contributed by atoms with Gasteiger partial charge >= 0.3 is 0 Å². The minimum Gasteiger partial charge on any atom is -0.352 e. The number of amides is 1. The van der Waals surface area contributed by atoms with Crippen molar-refractivity contribution in [3.05, 3.63) is 0 Å². The Bertz CT molecular complexity index is 541. The summed E-state index contributed by atoms with van der Waals surface area (Å²) in [7, 11) is -3.35. The summed E-state index contributed by atoms with van der Waals surface area (Å²) < 4.78 is 25.2. The van der Waals surface area contributed by atoms with Gasteiger partial charge in [0.2, 0.25) is 15.9 Å². The van der Waals surface area contributed by atoms with Gasteiger partial charge in [-0.1, -0.05) is 6.42 Å². The maximum atomic E-state index is 12.7. The third-order valence-electron chi connectivity index (χ3n) is 4.72. The van der Waals surface area contributed by atoms with Crippen molar-refractivity contribution >= 4 is 15.9 Å². The quantitative estimate of drug-likeness (QED) is 0.806. The molecule has 0 aromatic rings. The van der Waals surface area contributed by atoms with Gasteiger partial charge in [0, 0.05) is 23.7 Å². The molecule has 0 saturated carbocycles. The fourth-order valence-electron chi connectivity index (χ4n) is 4.29. The average molecular weight is 346 g/mol. The molecular formula is C16H31N3O3S. The molecule has 2 fully saturated rings. The Hall–Kier alpha value is -0.660. The van der Waals surface area contributed by atoms with Crippen LogP contribution in [0.1, 0.15) is 59.8 Å². The summed E-state index contributed by atoms with van der Waals surface area (Å²) >= 11 is 0. The Morgan fingerprint density at radius 3 is 2.22 bits per heavy atom. The lowest BCUT2D eigenvalue weighted by molar-refractivity contribution is -0.127. The second-order valence-corrected chi connectivity index (χ2v) is 10.3. The molecule has 134 valence electrons. The molecule has 6 nitrogen and oxygen atoms in total. The van der Waals surface area contributed by atoms with Gasteiger partial charge in [0.25, 0.3) is 0 Å². The summed E-state index contributed by atoms with van der Waals surface area (Å²) in [6.45, 7) is 8.99. The van der Waals surface area contributed by atoms with Crippen molar-refractivity contribution in [2.75, 3.05) is 12.8 Å². The van der Waals surface area contributed by atoms with Crippen LogP contribution in [0.5, 0.6) is 0 Å². The average Bonchev–Trinajstić information content (AvgIpc) is 2.33. The van der Waals surface area contributed by atoms with Crippen LogP contribution in [0.3, 0.4) is 0 Å². The van der Waals surface area contributed by atoms with Gasteiger partial charge in [-0.15, -0.1) is 0 Å². The zero-order valence-electron chi connectivity index (χ0n) is 15.0. The molecule has 0 aromatic carbocycles. The van der Waals surface area contributed by atoms with Crippen molar-refractivity contribution in [1.82, 2.24) is 14.9 Å². The van der Waals surface area contributed by atoms with Crippen molar-refractivity contribution in [1.29, 1.82) is 0 Å². The zero-order chi connectivity index (χ0) is 17.5. The van der Waals surface area contributed by atoms with Crippen LogP contribution in [-0.4, -0.2) is 54.6 Å². The van der Waals surface area contributed by atoms with Crippen molar-refractivity contribution in [3.8, 4) is 0 Å². The smallest absolute Gasteiger partial charge is 0.238 e. The molecule has 0 unspecified atom stereocenters. The molecule has 0 radical (unpaired) electrons. The zero-order valence-corrected chi connectivity index (χ0v) is 15.8. The molecule has 2 aliphatic rings. The third kappa shape index (κ3) is 4.90. The van der Waals surface area contributed by atoms with Gasteiger partial charge in [0.15, 0.2) is 0 Å². The fourth-order valence-corrected chi connectivity index (χ4v) is 5.41. The predicted molar refractivity (Wildman–Crippen MR) is 91.6 cm³/mol. The normalized spacial score (nSPS) is 29.2. The lowest BCUT2D eigenvalue weighted by Crippen LogP contribution is -2.63. The minimum atomic E-state index is -3.35. The topological polar surface area (TPSA) is 78.5 Å². The number of carbonyl (C=O) groups is 1. The first-order valence-electron chi connectivity index (χ1n) is 8.46. The maximum Gasteiger partial charge on any atom is 0.238 e. The number of nitrogens with one attached hydrogen (secondary N) is 2. The largest absolute Gasteiger partial charge is 0.352 e. The predicted octanol–water partition coefficient (Wildman–Crippen LogP) is 1.23. The third-order valence-corrected chi connectivity index (χ3v) is 6.01. The van der Waals surface area contributed by atoms with E-state index in [0.29, 0.717) is 13.0 Å². The second-order valence-electron chi connectivity index (χ2n) is 8.39. The first-order valence-corrected chi connectivity index (χ1v) is 10.3. The summed E-state index contributed by atoms with van der Waals surface area (Å²) in [5.41, 5.74) is -0.106. The van der Waals surface area contributed by atoms with Crippen LogP contribution < -0.4 is 10.6 Å². The van der Waals surface area contributed by atoms with E-state index in [9.17, 15) is 13.2 Å². The van der Waals surface area contributed by atoms with Gasteiger partial charge in [0.05, 0.1) is 6.26 Å². The second kappa shape index (κ2) is 6.33. The molecule has 1 amide bonds. The van der Waals surface area contributed by atoms with E-state index in [-0.39, 0.29) is 23.0 Å². The molecule has 23 heavy (non-hydrogen) atoms. The molecule has 0 bridgehead atoms. The van der Waals surface area contributed by atoms with E-state index in [4.69, 9.17) is 0 Å². The number of hydrogen-bond acceptors (Lipinski definition) is 4. The van der Waals surface area contributed by atoms with Crippen LogP contribution in [0, 0.1) is 0 Å². The van der Waals surface area contributed by atoms with Crippen LogP contribution in [-0.2, 0) is 14.8 Å². The Morgan fingerprint density at radius 1 is 1.13 bits per heavy atom. The molecule has 2 rings (SSSR count). The molecule has 1 atom stereocenters. The first-order chi connectivity index (χ1) is 10.4. The molecule has 0 aromatic heterocycles. The molecule has 2 N–H and O–H groups in total. The summed E-state index contributed by atoms with van der Waals surface area (Å²) in [4.78, 5) is 12.7. The molecule has 2 aliphatic heterocycles. The number of carbonyl (C=O) groups excluding carboxylic acids is 1. The number of sulfonamides is 1. The van der Waals surface area contributed by atoms with E-state index in [2.05, 4.69) is 38.3 Å². The summed E-state index contributed by atoms with van der Waals surface area (Å²) in [6.07, 6.45) is 5.20. The van der Waals surface area contributed by atoms with Crippen LogP contribution in [0.15, 0.2) is 0 Å². The fraction of sp³-hybridized carbons (Fsp3) is 0.938. The Kier molecular flexibility index (Phi) is 5.14. The standard InChI is InChI=1S/C16H31N3O3S/c1-15(2)10-12(11-16(3,4)18-15)17-14(20)13-8-6-7-9-19(13)23(5,21)22/h12-13,18H,6-11H2,1-5H3,(H,17,20)/t13-/m0/s1. The summed E-state index contributed by atoms with van der Waals surface area (Å²) in [5, 5.41) is 6.71. The van der Waals surface area contributed by atoms with Gasteiger partial charge in [-0.3, -0.25) is 4.79 Å². The number of hydrogen-bond donors (Lipinski definition) is 2. The summed E-state index contributed by atoms with van der Waals surface area (Å²) in [6, 6.07) is -0.489.